The van der Waals surface area contributed by atoms with E-state index in [2.05, 4.69) is 0 Å². The van der Waals surface area contributed by atoms with Gasteiger partial charge >= 0.3 is 0 Å². The maximum absolute atomic E-state index is 11.1. The maximum atomic E-state index is 11.1. The molecule has 1 heterocycles. The molecule has 1 amide bonds. The molecule has 1 aliphatic rings. The van der Waals surface area contributed by atoms with Crippen LogP contribution < -0.4 is 0 Å². The molecule has 6 heteroatoms. The first-order valence-corrected chi connectivity index (χ1v) is 6.58. The highest BCUT2D eigenvalue weighted by Crippen LogP contribution is 2.04. The standard InChI is InChI=1S/C8H16N2O3S/c1-9-7-10(6-8(9)11)4-3-5-14(2,12)13/h3-7H2,1-2H3. The van der Waals surface area contributed by atoms with Gasteiger partial charge in [-0.3, -0.25) is 9.69 Å². The van der Waals surface area contributed by atoms with Crippen LogP contribution >= 0.6 is 0 Å². The predicted octanol–water partition coefficient (Wildman–Crippen LogP) is -0.847. The Bertz CT molecular complexity index is 313. The van der Waals surface area contributed by atoms with E-state index in [1.807, 2.05) is 4.90 Å². The van der Waals surface area contributed by atoms with Crippen molar-refractivity contribution in [2.75, 3.05) is 38.8 Å². The topological polar surface area (TPSA) is 57.7 Å². The number of sulfone groups is 1. The van der Waals surface area contributed by atoms with Crippen LogP contribution in [0.15, 0.2) is 0 Å². The summed E-state index contributed by atoms with van der Waals surface area (Å²) in [6.07, 6.45) is 1.83. The monoisotopic (exact) mass is 220 g/mol. The van der Waals surface area contributed by atoms with Gasteiger partial charge in [0.25, 0.3) is 0 Å². The molecular formula is C8H16N2O3S. The fourth-order valence-corrected chi connectivity index (χ4v) is 2.09. The normalized spacial score (nSPS) is 19.3. The van der Waals surface area contributed by atoms with Gasteiger partial charge in [-0.25, -0.2) is 8.42 Å². The number of amides is 1. The first-order chi connectivity index (χ1) is 6.38. The van der Waals surface area contributed by atoms with Gasteiger partial charge in [0.1, 0.15) is 9.84 Å². The molecule has 0 unspecified atom stereocenters. The van der Waals surface area contributed by atoms with E-state index in [1.165, 1.54) is 6.26 Å². The first kappa shape index (κ1) is 11.5. The number of carbonyl (C=O) groups is 1. The molecule has 0 bridgehead atoms. The highest BCUT2D eigenvalue weighted by atomic mass is 32.2. The maximum Gasteiger partial charge on any atom is 0.237 e. The highest BCUT2D eigenvalue weighted by Gasteiger charge is 2.23. The number of rotatable bonds is 4. The minimum absolute atomic E-state index is 0.101. The Morgan fingerprint density at radius 3 is 2.50 bits per heavy atom. The van der Waals surface area contributed by atoms with Gasteiger partial charge in [0.15, 0.2) is 0 Å². The number of carbonyl (C=O) groups excluding carboxylic acids is 1. The minimum atomic E-state index is -2.87. The van der Waals surface area contributed by atoms with Crippen LogP contribution in [0.1, 0.15) is 6.42 Å². The van der Waals surface area contributed by atoms with E-state index in [0.29, 0.717) is 26.2 Å². The summed E-state index contributed by atoms with van der Waals surface area (Å²) in [5, 5.41) is 0. The van der Waals surface area contributed by atoms with Gasteiger partial charge in [0.05, 0.1) is 19.0 Å². The molecule has 0 saturated carbocycles. The molecule has 0 radical (unpaired) electrons. The second-order valence-corrected chi connectivity index (χ2v) is 6.03. The van der Waals surface area contributed by atoms with Crippen LogP contribution in [0.4, 0.5) is 0 Å². The third-order valence-corrected chi connectivity index (χ3v) is 3.22. The van der Waals surface area contributed by atoms with E-state index in [1.54, 1.807) is 11.9 Å². The molecule has 0 spiro atoms. The first-order valence-electron chi connectivity index (χ1n) is 4.52. The molecule has 0 aromatic carbocycles. The summed E-state index contributed by atoms with van der Waals surface area (Å²) in [5.74, 6) is 0.297. The number of likely N-dealkylation sites (N-methyl/N-ethyl adjacent to an activating group) is 1. The zero-order valence-electron chi connectivity index (χ0n) is 8.56. The summed E-state index contributed by atoms with van der Waals surface area (Å²) in [6.45, 7) is 1.70. The molecule has 0 aliphatic carbocycles. The Balaban J connectivity index is 2.24. The summed E-state index contributed by atoms with van der Waals surface area (Å²) < 4.78 is 21.7. The van der Waals surface area contributed by atoms with Gasteiger partial charge < -0.3 is 4.90 Å². The van der Waals surface area contributed by atoms with Crippen LogP contribution in [0, 0.1) is 0 Å². The smallest absolute Gasteiger partial charge is 0.237 e. The zero-order chi connectivity index (χ0) is 10.8. The molecule has 0 aromatic rings. The lowest BCUT2D eigenvalue weighted by Crippen LogP contribution is -2.25. The Morgan fingerprint density at radius 2 is 2.07 bits per heavy atom. The van der Waals surface area contributed by atoms with E-state index < -0.39 is 9.84 Å². The molecule has 1 rings (SSSR count). The lowest BCUT2D eigenvalue weighted by molar-refractivity contribution is -0.125. The van der Waals surface area contributed by atoms with Crippen molar-refractivity contribution in [2.45, 2.75) is 6.42 Å². The summed E-state index contributed by atoms with van der Waals surface area (Å²) in [4.78, 5) is 14.7. The van der Waals surface area contributed by atoms with Crippen LogP contribution in [0.2, 0.25) is 0 Å². The average Bonchev–Trinajstić information content (AvgIpc) is 2.28. The van der Waals surface area contributed by atoms with Crippen LogP contribution in [0.3, 0.4) is 0 Å². The number of hydrogen-bond acceptors (Lipinski definition) is 4. The predicted molar refractivity (Wildman–Crippen MR) is 53.5 cm³/mol. The van der Waals surface area contributed by atoms with Crippen LogP contribution in [0.25, 0.3) is 0 Å². The summed E-state index contributed by atoms with van der Waals surface area (Å²) in [5.41, 5.74) is 0. The van der Waals surface area contributed by atoms with Gasteiger partial charge in [-0.15, -0.1) is 0 Å². The molecule has 1 aliphatic heterocycles. The van der Waals surface area contributed by atoms with E-state index >= 15 is 0 Å². The van der Waals surface area contributed by atoms with E-state index in [-0.39, 0.29) is 11.7 Å². The average molecular weight is 220 g/mol. The van der Waals surface area contributed by atoms with Gasteiger partial charge in [-0.2, -0.15) is 0 Å². The molecule has 0 N–H and O–H groups in total. The summed E-state index contributed by atoms with van der Waals surface area (Å²) in [7, 11) is -1.12. The van der Waals surface area contributed by atoms with Crippen molar-refractivity contribution in [1.82, 2.24) is 9.80 Å². The van der Waals surface area contributed by atoms with Gasteiger partial charge in [-0.1, -0.05) is 0 Å². The second-order valence-electron chi connectivity index (χ2n) is 3.77. The third-order valence-electron chi connectivity index (χ3n) is 2.19. The summed E-state index contributed by atoms with van der Waals surface area (Å²) in [6, 6.07) is 0. The molecule has 5 nitrogen and oxygen atoms in total. The Hall–Kier alpha value is -0.620. The van der Waals surface area contributed by atoms with Crippen molar-refractivity contribution in [3.63, 3.8) is 0 Å². The Kier molecular flexibility index (Phi) is 3.49. The van der Waals surface area contributed by atoms with Crippen molar-refractivity contribution < 1.29 is 13.2 Å². The van der Waals surface area contributed by atoms with Crippen LogP contribution in [-0.2, 0) is 14.6 Å². The van der Waals surface area contributed by atoms with Crippen molar-refractivity contribution in [3.8, 4) is 0 Å². The number of nitrogens with zero attached hydrogens (tertiary/aromatic N) is 2. The van der Waals surface area contributed by atoms with Crippen LogP contribution in [-0.4, -0.2) is 62.9 Å². The quantitative estimate of drug-likeness (QED) is 0.619. The fourth-order valence-electron chi connectivity index (χ4n) is 1.44. The SMILES string of the molecule is CN1CN(CCCS(C)(=O)=O)CC1=O. The molecule has 0 atom stereocenters. The van der Waals surface area contributed by atoms with Gasteiger partial charge in [-0.05, 0) is 6.42 Å². The van der Waals surface area contributed by atoms with Crippen molar-refractivity contribution in [3.05, 3.63) is 0 Å². The Labute approximate surface area is 84.6 Å². The van der Waals surface area contributed by atoms with Gasteiger partial charge in [0, 0.05) is 19.8 Å². The molecule has 14 heavy (non-hydrogen) atoms. The fraction of sp³-hybridized carbons (Fsp3) is 0.875. The molecular weight excluding hydrogens is 204 g/mol. The Morgan fingerprint density at radius 1 is 1.43 bits per heavy atom. The summed E-state index contributed by atoms with van der Waals surface area (Å²) >= 11 is 0. The van der Waals surface area contributed by atoms with Gasteiger partial charge in [0.2, 0.25) is 5.91 Å². The van der Waals surface area contributed by atoms with E-state index in [0.717, 1.165) is 0 Å². The molecule has 1 saturated heterocycles. The van der Waals surface area contributed by atoms with E-state index in [9.17, 15) is 13.2 Å². The third kappa shape index (κ3) is 3.63. The minimum Gasteiger partial charge on any atom is -0.332 e. The van der Waals surface area contributed by atoms with Crippen molar-refractivity contribution >= 4 is 15.7 Å². The van der Waals surface area contributed by atoms with Crippen LogP contribution in [0.5, 0.6) is 0 Å². The largest absolute Gasteiger partial charge is 0.332 e. The lowest BCUT2D eigenvalue weighted by atomic mass is 10.4. The molecule has 1 fully saturated rings. The second kappa shape index (κ2) is 4.27. The van der Waals surface area contributed by atoms with Crippen molar-refractivity contribution in [2.24, 2.45) is 0 Å². The molecule has 82 valence electrons. The van der Waals surface area contributed by atoms with E-state index in [4.69, 9.17) is 0 Å². The highest BCUT2D eigenvalue weighted by molar-refractivity contribution is 7.90. The number of hydrogen-bond donors (Lipinski definition) is 0. The van der Waals surface area contributed by atoms with Crippen molar-refractivity contribution in [1.29, 1.82) is 0 Å². The zero-order valence-corrected chi connectivity index (χ0v) is 9.38. The lowest BCUT2D eigenvalue weighted by Gasteiger charge is -2.13. The molecule has 0 aromatic heterocycles.